The number of fused-ring (bicyclic) bond motifs is 1. The number of carbonyl (C=O) groups excluding carboxylic acids is 2. The number of Topliss-reactive ketones (excluding diaryl/α,β-unsaturated/α-hetero) is 1. The highest BCUT2D eigenvalue weighted by atomic mass is 16.2. The van der Waals surface area contributed by atoms with Crippen molar-refractivity contribution in [2.75, 3.05) is 24.5 Å². The van der Waals surface area contributed by atoms with E-state index >= 15 is 0 Å². The Morgan fingerprint density at radius 2 is 1.74 bits per heavy atom. The van der Waals surface area contributed by atoms with Crippen LogP contribution in [-0.2, 0) is 6.54 Å². The summed E-state index contributed by atoms with van der Waals surface area (Å²) in [6.07, 6.45) is 5.17. The molecule has 0 atom stereocenters. The molecule has 0 bridgehead atoms. The fourth-order valence-corrected chi connectivity index (χ4v) is 4.01. The number of nitrogens with zero attached hydrogens (tertiary/aromatic N) is 2. The molecule has 4 nitrogen and oxygen atoms in total. The van der Waals surface area contributed by atoms with E-state index < -0.39 is 0 Å². The SMILES string of the molecule is O=C(CCCCN1CCCC1)c1ccc2c(c1)C(=O)N2Cc1ccccc1. The molecule has 4 heteroatoms. The molecule has 0 radical (unpaired) electrons. The van der Waals surface area contributed by atoms with E-state index in [1.54, 1.807) is 11.0 Å². The number of carbonyl (C=O) groups is 2. The maximum Gasteiger partial charge on any atom is 0.260 e. The van der Waals surface area contributed by atoms with E-state index in [-0.39, 0.29) is 11.7 Å². The Bertz CT molecular complexity index is 826. The van der Waals surface area contributed by atoms with E-state index in [2.05, 4.69) is 4.90 Å². The summed E-state index contributed by atoms with van der Waals surface area (Å²) in [4.78, 5) is 29.2. The molecule has 0 unspecified atom stereocenters. The Morgan fingerprint density at radius 3 is 2.52 bits per heavy atom. The molecule has 2 aromatic rings. The molecule has 1 saturated heterocycles. The van der Waals surface area contributed by atoms with Crippen LogP contribution < -0.4 is 4.90 Å². The zero-order chi connectivity index (χ0) is 18.6. The van der Waals surface area contributed by atoms with Crippen molar-refractivity contribution in [3.8, 4) is 0 Å². The summed E-state index contributed by atoms with van der Waals surface area (Å²) in [5.74, 6) is 0.158. The second-order valence-electron chi connectivity index (χ2n) is 7.54. The number of rotatable bonds is 8. The molecule has 1 fully saturated rings. The van der Waals surface area contributed by atoms with Crippen LogP contribution in [0.3, 0.4) is 0 Å². The third-order valence-corrected chi connectivity index (χ3v) is 5.60. The first-order valence-electron chi connectivity index (χ1n) is 9.98. The third-order valence-electron chi connectivity index (χ3n) is 5.60. The number of unbranched alkanes of at least 4 members (excludes halogenated alkanes) is 1. The highest BCUT2D eigenvalue weighted by molar-refractivity contribution is 6.20. The molecule has 2 aliphatic rings. The van der Waals surface area contributed by atoms with Gasteiger partial charge >= 0.3 is 0 Å². The van der Waals surface area contributed by atoms with Crippen LogP contribution in [0.25, 0.3) is 0 Å². The molecule has 1 amide bonds. The molecule has 140 valence electrons. The average Bonchev–Trinajstić information content (AvgIpc) is 3.23. The summed E-state index contributed by atoms with van der Waals surface area (Å²) in [6, 6.07) is 15.5. The van der Waals surface area contributed by atoms with Crippen molar-refractivity contribution in [2.45, 2.75) is 38.6 Å². The van der Waals surface area contributed by atoms with Gasteiger partial charge in [-0.2, -0.15) is 0 Å². The van der Waals surface area contributed by atoms with Crippen LogP contribution in [-0.4, -0.2) is 36.2 Å². The lowest BCUT2D eigenvalue weighted by Gasteiger charge is -2.34. The maximum atomic E-state index is 12.5. The molecule has 2 heterocycles. The van der Waals surface area contributed by atoms with Gasteiger partial charge in [-0.25, -0.2) is 0 Å². The lowest BCUT2D eigenvalue weighted by molar-refractivity contribution is 0.0964. The monoisotopic (exact) mass is 362 g/mol. The average molecular weight is 362 g/mol. The van der Waals surface area contributed by atoms with E-state index in [1.165, 1.54) is 25.9 Å². The number of amides is 1. The fourth-order valence-electron chi connectivity index (χ4n) is 4.01. The number of hydrogen-bond acceptors (Lipinski definition) is 3. The molecular weight excluding hydrogens is 336 g/mol. The number of benzene rings is 2. The molecule has 0 spiro atoms. The zero-order valence-electron chi connectivity index (χ0n) is 15.7. The molecule has 2 aromatic carbocycles. The van der Waals surface area contributed by atoms with Gasteiger partial charge < -0.3 is 9.80 Å². The topological polar surface area (TPSA) is 40.6 Å². The zero-order valence-corrected chi connectivity index (χ0v) is 15.7. The molecular formula is C23H26N2O2. The van der Waals surface area contributed by atoms with Gasteiger partial charge in [0.1, 0.15) is 0 Å². The first kappa shape index (κ1) is 17.9. The van der Waals surface area contributed by atoms with Crippen LogP contribution in [0.15, 0.2) is 48.5 Å². The van der Waals surface area contributed by atoms with Gasteiger partial charge in [-0.05, 0) is 69.1 Å². The maximum absolute atomic E-state index is 12.5. The lowest BCUT2D eigenvalue weighted by Crippen LogP contribution is -2.40. The standard InChI is InChI=1S/C23H26N2O2/c26-22(10-4-5-13-24-14-6-7-15-24)19-11-12-21-20(16-19)23(27)25(21)17-18-8-2-1-3-9-18/h1-3,8-9,11-12,16H,4-7,10,13-15,17H2. The smallest absolute Gasteiger partial charge is 0.260 e. The van der Waals surface area contributed by atoms with Gasteiger partial charge in [0.25, 0.3) is 5.91 Å². The largest absolute Gasteiger partial charge is 0.303 e. The van der Waals surface area contributed by atoms with Crippen LogP contribution in [0.2, 0.25) is 0 Å². The molecule has 0 aliphatic carbocycles. The summed E-state index contributed by atoms with van der Waals surface area (Å²) in [5.41, 5.74) is 3.38. The number of hydrogen-bond donors (Lipinski definition) is 0. The van der Waals surface area contributed by atoms with Crippen molar-refractivity contribution in [2.24, 2.45) is 0 Å². The predicted octanol–water partition coefficient (Wildman–Crippen LogP) is 4.30. The van der Waals surface area contributed by atoms with E-state index in [0.29, 0.717) is 24.1 Å². The van der Waals surface area contributed by atoms with Gasteiger partial charge in [0, 0.05) is 12.0 Å². The van der Waals surface area contributed by atoms with Crippen LogP contribution in [0.4, 0.5) is 5.69 Å². The Labute approximate surface area is 160 Å². The molecule has 27 heavy (non-hydrogen) atoms. The highest BCUT2D eigenvalue weighted by Crippen LogP contribution is 2.35. The summed E-state index contributed by atoms with van der Waals surface area (Å²) in [7, 11) is 0. The minimum absolute atomic E-state index is 0.0116. The van der Waals surface area contributed by atoms with E-state index in [1.807, 2.05) is 42.5 Å². The Hall–Kier alpha value is -2.46. The summed E-state index contributed by atoms with van der Waals surface area (Å²) in [5, 5.41) is 0. The van der Waals surface area contributed by atoms with Gasteiger partial charge in [-0.1, -0.05) is 30.3 Å². The van der Waals surface area contributed by atoms with E-state index in [4.69, 9.17) is 0 Å². The minimum Gasteiger partial charge on any atom is -0.303 e. The van der Waals surface area contributed by atoms with Crippen LogP contribution in [0, 0.1) is 0 Å². The number of ketones is 1. The van der Waals surface area contributed by atoms with E-state index in [9.17, 15) is 9.59 Å². The summed E-state index contributed by atoms with van der Waals surface area (Å²) >= 11 is 0. The van der Waals surface area contributed by atoms with Crippen molar-refractivity contribution in [1.82, 2.24) is 4.90 Å². The van der Waals surface area contributed by atoms with E-state index in [0.717, 1.165) is 30.6 Å². The van der Waals surface area contributed by atoms with Crippen molar-refractivity contribution < 1.29 is 9.59 Å². The quantitative estimate of drug-likeness (QED) is 0.519. The van der Waals surface area contributed by atoms with Gasteiger partial charge in [-0.3, -0.25) is 9.59 Å². The van der Waals surface area contributed by atoms with Crippen molar-refractivity contribution in [3.05, 3.63) is 65.2 Å². The van der Waals surface area contributed by atoms with Gasteiger partial charge in [0.05, 0.1) is 17.8 Å². The summed E-state index contributed by atoms with van der Waals surface area (Å²) in [6.45, 7) is 4.10. The second kappa shape index (κ2) is 8.05. The lowest BCUT2D eigenvalue weighted by atomic mass is 9.95. The van der Waals surface area contributed by atoms with Crippen molar-refractivity contribution in [1.29, 1.82) is 0 Å². The Kier molecular flexibility index (Phi) is 5.35. The normalized spacial score (nSPS) is 16.3. The first-order chi connectivity index (χ1) is 13.2. The van der Waals surface area contributed by atoms with Gasteiger partial charge in [0.2, 0.25) is 0 Å². The Morgan fingerprint density at radius 1 is 0.963 bits per heavy atom. The number of likely N-dealkylation sites (tertiary alicyclic amines) is 1. The first-order valence-corrected chi connectivity index (χ1v) is 9.98. The summed E-state index contributed by atoms with van der Waals surface area (Å²) < 4.78 is 0. The van der Waals surface area contributed by atoms with Crippen molar-refractivity contribution >= 4 is 17.4 Å². The Balaban J connectivity index is 1.31. The molecule has 0 N–H and O–H groups in total. The molecule has 0 aromatic heterocycles. The van der Waals surface area contributed by atoms with Gasteiger partial charge in [-0.15, -0.1) is 0 Å². The van der Waals surface area contributed by atoms with Gasteiger partial charge in [0.15, 0.2) is 5.78 Å². The van der Waals surface area contributed by atoms with Crippen LogP contribution >= 0.6 is 0 Å². The predicted molar refractivity (Wildman–Crippen MR) is 107 cm³/mol. The molecule has 2 aliphatic heterocycles. The fraction of sp³-hybridized carbons (Fsp3) is 0.391. The second-order valence-corrected chi connectivity index (χ2v) is 7.54. The molecule has 4 rings (SSSR count). The molecule has 0 saturated carbocycles. The van der Waals surface area contributed by atoms with Crippen LogP contribution in [0.1, 0.15) is 58.4 Å². The van der Waals surface area contributed by atoms with Crippen molar-refractivity contribution in [3.63, 3.8) is 0 Å². The minimum atomic E-state index is 0.0116. The number of anilines is 1. The highest BCUT2D eigenvalue weighted by Gasteiger charge is 2.33. The van der Waals surface area contributed by atoms with Crippen LogP contribution in [0.5, 0.6) is 0 Å². The third kappa shape index (κ3) is 3.96.